The van der Waals surface area contributed by atoms with E-state index >= 15 is 0 Å². The molecule has 6 aliphatic rings. The first-order valence-electron chi connectivity index (χ1n) is 38.9. The van der Waals surface area contributed by atoms with E-state index in [2.05, 4.69) is 104 Å². The average molecular weight is 1650 g/mol. The number of sulfonamides is 2. The second-order valence-corrected chi connectivity index (χ2v) is 37.8. The molecule has 14 rings (SSSR count). The molecule has 3 amide bonds. The van der Waals surface area contributed by atoms with Gasteiger partial charge in [-0.25, -0.2) is 58.0 Å². The van der Waals surface area contributed by atoms with Gasteiger partial charge in [0.25, 0.3) is 31.9 Å². The van der Waals surface area contributed by atoms with Gasteiger partial charge >= 0.3 is 12.1 Å². The molecular formula is C80H103Cl2N17O13S2. The fourth-order valence-corrected chi connectivity index (χ4v) is 16.4. The first-order chi connectivity index (χ1) is 53.9. The maximum atomic E-state index is 13.6. The van der Waals surface area contributed by atoms with E-state index in [4.69, 9.17) is 52.2 Å². The van der Waals surface area contributed by atoms with Gasteiger partial charge in [-0.3, -0.25) is 9.59 Å². The van der Waals surface area contributed by atoms with Crippen LogP contribution >= 0.6 is 23.2 Å². The smallest absolute Gasteiger partial charge is 0.410 e. The molecule has 2 saturated heterocycles. The van der Waals surface area contributed by atoms with Crippen molar-refractivity contribution in [1.29, 1.82) is 0 Å². The summed E-state index contributed by atoms with van der Waals surface area (Å²) >= 11 is 12.2. The first kappa shape index (κ1) is 83.8. The van der Waals surface area contributed by atoms with Crippen LogP contribution < -0.4 is 39.2 Å². The molecule has 8 aromatic rings. The zero-order valence-electron chi connectivity index (χ0n) is 66.2. The van der Waals surface area contributed by atoms with Crippen LogP contribution in [0.4, 0.5) is 22.2 Å². The number of unbranched alkanes of at least 4 members (excludes halogenated alkanes) is 1. The van der Waals surface area contributed by atoms with Gasteiger partial charge in [-0.05, 0) is 234 Å². The molecule has 114 heavy (non-hydrogen) atoms. The van der Waals surface area contributed by atoms with Gasteiger partial charge in [0.15, 0.2) is 27.5 Å². The molecule has 0 spiro atoms. The number of carbonyl (C=O) groups is 4. The van der Waals surface area contributed by atoms with Crippen LogP contribution in [0.25, 0.3) is 17.5 Å². The number of carboxylic acids is 1. The van der Waals surface area contributed by atoms with Crippen molar-refractivity contribution < 1.29 is 60.1 Å². The predicted molar refractivity (Wildman–Crippen MR) is 431 cm³/mol. The summed E-state index contributed by atoms with van der Waals surface area (Å²) in [6.07, 6.45) is 22.9. The molecular weight excluding hydrogens is 1540 g/mol. The summed E-state index contributed by atoms with van der Waals surface area (Å²) < 4.78 is 84.4. The summed E-state index contributed by atoms with van der Waals surface area (Å²) in [6, 6.07) is 23.7. The third kappa shape index (κ3) is 22.2. The van der Waals surface area contributed by atoms with Crippen LogP contribution in [-0.2, 0) is 24.8 Å². The number of aromatic carboxylic acids is 1. The molecule has 5 N–H and O–H groups in total. The van der Waals surface area contributed by atoms with Gasteiger partial charge in [0.05, 0.1) is 36.5 Å². The van der Waals surface area contributed by atoms with Crippen LogP contribution in [0, 0.1) is 28.1 Å². The third-order valence-electron chi connectivity index (χ3n) is 21.8. The lowest BCUT2D eigenvalue weighted by molar-refractivity contribution is 0.0130. The van der Waals surface area contributed by atoms with Gasteiger partial charge in [0, 0.05) is 74.0 Å². The lowest BCUT2D eigenvalue weighted by atomic mass is 9.93. The van der Waals surface area contributed by atoms with Crippen LogP contribution in [0.1, 0.15) is 209 Å². The Hall–Kier alpha value is -9.66. The Morgan fingerprint density at radius 3 is 1.73 bits per heavy atom. The molecule has 2 unspecified atom stereocenters. The maximum absolute atomic E-state index is 13.6. The molecule has 3 aliphatic carbocycles. The number of nitrogens with zero attached hydrogens (tertiary/aromatic N) is 13. The topological polar surface area (TPSA) is 366 Å². The predicted octanol–water partition coefficient (Wildman–Crippen LogP) is 14.4. The van der Waals surface area contributed by atoms with E-state index in [1.165, 1.54) is 78.2 Å². The van der Waals surface area contributed by atoms with Crippen molar-refractivity contribution in [2.45, 2.75) is 205 Å². The van der Waals surface area contributed by atoms with Gasteiger partial charge in [-0.15, -0.1) is 15.3 Å². The number of anilines is 3. The number of hydrogen-bond acceptors (Lipinski definition) is 23. The molecule has 34 heteroatoms. The average Bonchev–Trinajstić information content (AvgIpc) is 1.58. The summed E-state index contributed by atoms with van der Waals surface area (Å²) in [5, 5.41) is 27.7. The van der Waals surface area contributed by atoms with E-state index in [1.54, 1.807) is 83.9 Å². The van der Waals surface area contributed by atoms with Crippen molar-refractivity contribution in [3.63, 3.8) is 0 Å². The normalized spacial score (nSPS) is 19.2. The Labute approximate surface area is 675 Å². The summed E-state index contributed by atoms with van der Waals surface area (Å²) in [6.45, 7) is 25.3. The molecule has 11 heterocycles. The number of ether oxygens (including phenoxy) is 4. The van der Waals surface area contributed by atoms with E-state index in [0.29, 0.717) is 120 Å². The second-order valence-electron chi connectivity index (χ2n) is 33.8. The summed E-state index contributed by atoms with van der Waals surface area (Å²) in [7, 11) is -8.54. The van der Waals surface area contributed by atoms with Crippen LogP contribution in [0.15, 0.2) is 120 Å². The summed E-state index contributed by atoms with van der Waals surface area (Å²) in [4.78, 5) is 75.8. The Kier molecular flexibility index (Phi) is 25.3. The highest BCUT2D eigenvalue weighted by atomic mass is 35.5. The van der Waals surface area contributed by atoms with Crippen molar-refractivity contribution >= 4 is 84.6 Å². The number of halogens is 2. The molecule has 4 bridgehead atoms. The largest absolute Gasteiger partial charge is 0.478 e. The molecule has 8 aromatic heterocycles. The van der Waals surface area contributed by atoms with Gasteiger partial charge < -0.3 is 44.5 Å². The van der Waals surface area contributed by atoms with E-state index in [1.807, 2.05) is 30.4 Å². The molecule has 5 fully saturated rings. The Bertz CT molecular complexity index is 5030. The van der Waals surface area contributed by atoms with Crippen molar-refractivity contribution in [3.8, 4) is 35.1 Å². The highest BCUT2D eigenvalue weighted by Gasteiger charge is 2.45. The zero-order valence-corrected chi connectivity index (χ0v) is 69.4. The molecule has 0 radical (unpaired) electrons. The Morgan fingerprint density at radius 2 is 1.18 bits per heavy atom. The number of aromatic nitrogens is 11. The Morgan fingerprint density at radius 1 is 0.640 bits per heavy atom. The van der Waals surface area contributed by atoms with Crippen molar-refractivity contribution in [3.05, 3.63) is 137 Å². The number of carbonyl (C=O) groups excluding carboxylic acids is 3. The molecule has 2 atom stereocenters. The van der Waals surface area contributed by atoms with Crippen molar-refractivity contribution in [1.82, 2.24) is 68.6 Å². The minimum atomic E-state index is -4.32. The summed E-state index contributed by atoms with van der Waals surface area (Å²) in [5.74, 6) is 2.03. The standard InChI is InChI=1S/C35H48ClN7O6S.C30H39N7O4S.C15H16ClN3O3/c1-33(2,3)49-32(45)42-23-24(22-34(42,4)5)10-7-8-19-37-26-11-9-12-29(38-26)50(46,47)41-31(44)25-13-14-27(39-30(25)36)43-20-15-28(40-43)48-21-18-35(6)16-17-35;1-29(2)19-21-7-4-5-16-31-23-8-6-9-26(32-23)42(39,40)35-28(38)22-10-11-24(33-27(22)36(29)20-21)37-17-12-25(34-37)41-18-15-30(3)13-14-30;1-15(5-6-15)7-9-22-12-4-8-19(18-12)11-3-2-10(14(20)21)13(16)17-11/h9,11-15,20,24H,7-8,10,16-19,21-23H2,1-6H3,(H,37,38)(H,41,44);6,8-12,17,21H,4-5,7,13-16,18-20H2,1-3H3,(H,31,32)(H,35,38);2-4,8H,5-7,9H2,1H3,(H,20,21). The quantitative estimate of drug-likeness (QED) is 0.0262. The number of likely N-dealkylation sites (tertiary alicyclic amines) is 1. The van der Waals surface area contributed by atoms with Crippen LogP contribution in [-0.4, -0.2) is 168 Å². The van der Waals surface area contributed by atoms with Gasteiger partial charge in [-0.2, -0.15) is 16.8 Å². The number of pyridine rings is 5. The zero-order chi connectivity index (χ0) is 81.6. The monoisotopic (exact) mass is 1640 g/mol. The van der Waals surface area contributed by atoms with E-state index in [9.17, 15) is 36.0 Å². The minimum absolute atomic E-state index is 0.0354. The minimum Gasteiger partial charge on any atom is -0.478 e. The highest BCUT2D eigenvalue weighted by Crippen LogP contribution is 2.50. The fraction of sp³-hybridized carbons (Fsp3) is 0.525. The number of fused-ring (bicyclic) bond motifs is 6. The number of carboxylic acid groups (broad SMARTS) is 1. The van der Waals surface area contributed by atoms with Gasteiger partial charge in [0.2, 0.25) is 17.6 Å². The molecule has 0 aromatic carbocycles. The molecule has 3 saturated carbocycles. The number of nitrogens with one attached hydrogen (secondary N) is 4. The fourth-order valence-electron chi connectivity index (χ4n) is 14.0. The van der Waals surface area contributed by atoms with E-state index in [0.717, 1.165) is 77.2 Å². The lowest BCUT2D eigenvalue weighted by Crippen LogP contribution is -2.45. The van der Waals surface area contributed by atoms with Crippen molar-refractivity contribution in [2.75, 3.05) is 61.5 Å². The van der Waals surface area contributed by atoms with Crippen molar-refractivity contribution in [2.24, 2.45) is 28.1 Å². The third-order valence-corrected chi connectivity index (χ3v) is 24.8. The van der Waals surface area contributed by atoms with Crippen LogP contribution in [0.5, 0.6) is 17.6 Å². The maximum Gasteiger partial charge on any atom is 0.410 e. The van der Waals surface area contributed by atoms with E-state index in [-0.39, 0.29) is 54.2 Å². The lowest BCUT2D eigenvalue weighted by Gasteiger charge is -2.34. The number of rotatable bonds is 25. The molecule has 612 valence electrons. The summed E-state index contributed by atoms with van der Waals surface area (Å²) in [5.41, 5.74) is 0.153. The van der Waals surface area contributed by atoms with Crippen LogP contribution in [0.3, 0.4) is 0 Å². The number of amides is 3. The SMILES string of the molecule is CC1(CCOc2ccn(-c3ccc(C(=O)NS(=O)(=O)c4cccc(NCCCCC5CN(C(=O)OC(C)(C)C)C(C)(C)C5)n4)c(Cl)n3)n2)CC1.CC1(CCOc2ccn(-c3ccc(C(=O)O)c(Cl)n3)n2)CC1.CC1(CCOc2ccn(-c3ccc4c(n3)N3CC(CCCCNc5cccc(n5)S(=O)(=O)NC4=O)CC3(C)C)n2)CC1. The highest BCUT2D eigenvalue weighted by molar-refractivity contribution is 7.90. The van der Waals surface area contributed by atoms with Gasteiger partial charge in [0.1, 0.15) is 33.4 Å². The Balaban J connectivity index is 0.000000169. The van der Waals surface area contributed by atoms with E-state index < -0.39 is 43.4 Å². The number of hydrogen-bond donors (Lipinski definition) is 5. The van der Waals surface area contributed by atoms with Crippen LogP contribution in [0.2, 0.25) is 10.3 Å². The first-order valence-corrected chi connectivity index (χ1v) is 42.6. The molecule has 3 aliphatic heterocycles. The molecule has 30 nitrogen and oxygen atoms in total. The second kappa shape index (κ2) is 34.4. The van der Waals surface area contributed by atoms with Gasteiger partial charge in [-0.1, -0.05) is 68.9 Å².